The molecule has 21 heavy (non-hydrogen) atoms. The first-order chi connectivity index (χ1) is 9.76. The first-order valence-corrected chi connectivity index (χ1v) is 6.45. The lowest BCUT2D eigenvalue weighted by atomic mass is 9.97. The number of hydrogen-bond donors (Lipinski definition) is 1. The summed E-state index contributed by atoms with van der Waals surface area (Å²) in [7, 11) is 0. The highest BCUT2D eigenvalue weighted by molar-refractivity contribution is 5.67. The maximum Gasteiger partial charge on any atom is 0.573 e. The van der Waals surface area contributed by atoms with Gasteiger partial charge >= 0.3 is 6.36 Å². The standard InChI is InChI=1S/C16H15F3O2/c1-10(2)11-4-3-5-12(8-11)13-6-7-14(20)15(9-13)21-16(17,18)19/h3-10,20H,1-2H3. The van der Waals surface area contributed by atoms with E-state index in [-0.39, 0.29) is 0 Å². The third kappa shape index (κ3) is 3.90. The molecular weight excluding hydrogens is 281 g/mol. The lowest BCUT2D eigenvalue weighted by molar-refractivity contribution is -0.275. The van der Waals surface area contributed by atoms with Crippen LogP contribution in [-0.4, -0.2) is 11.5 Å². The Morgan fingerprint density at radius 2 is 1.67 bits per heavy atom. The van der Waals surface area contributed by atoms with E-state index in [1.54, 1.807) is 12.1 Å². The number of phenols is 1. The van der Waals surface area contributed by atoms with Crippen molar-refractivity contribution in [2.45, 2.75) is 26.1 Å². The Kier molecular flexibility index (Phi) is 4.11. The van der Waals surface area contributed by atoms with Crippen molar-refractivity contribution in [3.05, 3.63) is 48.0 Å². The molecule has 0 aromatic heterocycles. The second-order valence-corrected chi connectivity index (χ2v) is 5.01. The maximum atomic E-state index is 12.3. The molecule has 5 heteroatoms. The molecule has 1 N–H and O–H groups in total. The van der Waals surface area contributed by atoms with Crippen molar-refractivity contribution in [2.75, 3.05) is 0 Å². The molecule has 0 saturated heterocycles. The molecule has 0 saturated carbocycles. The predicted molar refractivity (Wildman–Crippen MR) is 74.3 cm³/mol. The van der Waals surface area contributed by atoms with E-state index < -0.39 is 17.9 Å². The van der Waals surface area contributed by atoms with E-state index in [0.29, 0.717) is 11.5 Å². The van der Waals surface area contributed by atoms with Crippen molar-refractivity contribution in [3.8, 4) is 22.6 Å². The molecule has 0 radical (unpaired) electrons. The van der Waals surface area contributed by atoms with Crippen LogP contribution in [0.15, 0.2) is 42.5 Å². The Bertz CT molecular complexity index is 634. The number of rotatable bonds is 3. The van der Waals surface area contributed by atoms with Crippen LogP contribution >= 0.6 is 0 Å². The quantitative estimate of drug-likeness (QED) is 0.855. The third-order valence-corrected chi connectivity index (χ3v) is 3.07. The number of ether oxygens (including phenoxy) is 1. The van der Waals surface area contributed by atoms with E-state index in [1.165, 1.54) is 12.1 Å². The van der Waals surface area contributed by atoms with Crippen LogP contribution in [0.2, 0.25) is 0 Å². The summed E-state index contributed by atoms with van der Waals surface area (Å²) in [4.78, 5) is 0. The fraction of sp³-hybridized carbons (Fsp3) is 0.250. The van der Waals surface area contributed by atoms with E-state index in [1.807, 2.05) is 32.0 Å². The first kappa shape index (κ1) is 15.2. The normalized spacial score (nSPS) is 11.7. The van der Waals surface area contributed by atoms with Crippen LogP contribution in [-0.2, 0) is 0 Å². The van der Waals surface area contributed by atoms with Gasteiger partial charge in [-0.1, -0.05) is 44.2 Å². The molecule has 2 aromatic rings. The van der Waals surface area contributed by atoms with E-state index >= 15 is 0 Å². The van der Waals surface area contributed by atoms with Crippen LogP contribution in [0.4, 0.5) is 13.2 Å². The Morgan fingerprint density at radius 1 is 1.00 bits per heavy atom. The topological polar surface area (TPSA) is 29.5 Å². The Morgan fingerprint density at radius 3 is 2.29 bits per heavy atom. The van der Waals surface area contributed by atoms with Crippen LogP contribution in [0.5, 0.6) is 11.5 Å². The van der Waals surface area contributed by atoms with E-state index in [2.05, 4.69) is 4.74 Å². The highest BCUT2D eigenvalue weighted by atomic mass is 19.4. The Balaban J connectivity index is 2.41. The van der Waals surface area contributed by atoms with Crippen LogP contribution in [0.1, 0.15) is 25.3 Å². The van der Waals surface area contributed by atoms with Gasteiger partial charge in [0.1, 0.15) is 0 Å². The lowest BCUT2D eigenvalue weighted by Gasteiger charge is -2.13. The number of alkyl halides is 3. The summed E-state index contributed by atoms with van der Waals surface area (Å²) < 4.78 is 40.7. The van der Waals surface area contributed by atoms with Gasteiger partial charge in [-0.3, -0.25) is 0 Å². The predicted octanol–water partition coefficient (Wildman–Crippen LogP) is 5.08. The van der Waals surface area contributed by atoms with E-state index in [9.17, 15) is 18.3 Å². The Hall–Kier alpha value is -2.17. The fourth-order valence-electron chi connectivity index (χ4n) is 1.98. The van der Waals surface area contributed by atoms with E-state index in [4.69, 9.17) is 0 Å². The SMILES string of the molecule is CC(C)c1cccc(-c2ccc(O)c(OC(F)(F)F)c2)c1. The molecule has 112 valence electrons. The molecule has 0 aliphatic rings. The third-order valence-electron chi connectivity index (χ3n) is 3.07. The summed E-state index contributed by atoms with van der Waals surface area (Å²) >= 11 is 0. The van der Waals surface area contributed by atoms with Crippen molar-refractivity contribution in [1.82, 2.24) is 0 Å². The first-order valence-electron chi connectivity index (χ1n) is 6.45. The number of aromatic hydroxyl groups is 1. The molecule has 0 fully saturated rings. The van der Waals surface area contributed by atoms with Gasteiger partial charge in [0.05, 0.1) is 0 Å². The number of benzene rings is 2. The number of phenolic OH excluding ortho intramolecular Hbond substituents is 1. The molecule has 0 amide bonds. The van der Waals surface area contributed by atoms with Gasteiger partial charge in [-0.15, -0.1) is 13.2 Å². The zero-order chi connectivity index (χ0) is 15.6. The minimum absolute atomic E-state index is 0.313. The van der Waals surface area contributed by atoms with Crippen molar-refractivity contribution in [2.24, 2.45) is 0 Å². The minimum atomic E-state index is -4.84. The molecule has 0 aliphatic heterocycles. The molecule has 0 atom stereocenters. The summed E-state index contributed by atoms with van der Waals surface area (Å²) in [6, 6.07) is 11.5. The smallest absolute Gasteiger partial charge is 0.504 e. The molecule has 0 bridgehead atoms. The molecular formula is C16H15F3O2. The zero-order valence-electron chi connectivity index (χ0n) is 11.6. The average Bonchev–Trinajstić information content (AvgIpc) is 2.40. The molecule has 0 heterocycles. The van der Waals surface area contributed by atoms with Crippen molar-refractivity contribution < 1.29 is 23.0 Å². The summed E-state index contributed by atoms with van der Waals surface area (Å²) in [5.74, 6) is -0.834. The van der Waals surface area contributed by atoms with Crippen molar-refractivity contribution >= 4 is 0 Å². The van der Waals surface area contributed by atoms with Crippen LogP contribution < -0.4 is 4.74 Å². The van der Waals surface area contributed by atoms with Gasteiger partial charge in [-0.25, -0.2) is 0 Å². The molecule has 2 rings (SSSR count). The van der Waals surface area contributed by atoms with Gasteiger partial charge in [0.15, 0.2) is 11.5 Å². The van der Waals surface area contributed by atoms with Gasteiger partial charge < -0.3 is 9.84 Å². The van der Waals surface area contributed by atoms with E-state index in [0.717, 1.165) is 11.1 Å². The van der Waals surface area contributed by atoms with Crippen LogP contribution in [0, 0.1) is 0 Å². The largest absolute Gasteiger partial charge is 0.573 e. The highest BCUT2D eigenvalue weighted by Crippen LogP contribution is 2.35. The summed E-state index contributed by atoms with van der Waals surface area (Å²) in [6.45, 7) is 4.07. The van der Waals surface area contributed by atoms with Gasteiger partial charge in [-0.05, 0) is 34.7 Å². The van der Waals surface area contributed by atoms with Gasteiger partial charge in [0, 0.05) is 0 Å². The van der Waals surface area contributed by atoms with Crippen LogP contribution in [0.3, 0.4) is 0 Å². The second-order valence-electron chi connectivity index (χ2n) is 5.01. The van der Waals surface area contributed by atoms with Crippen molar-refractivity contribution in [1.29, 1.82) is 0 Å². The molecule has 0 unspecified atom stereocenters. The Labute approximate surface area is 120 Å². The molecule has 2 nitrogen and oxygen atoms in total. The van der Waals surface area contributed by atoms with Crippen molar-refractivity contribution in [3.63, 3.8) is 0 Å². The zero-order valence-corrected chi connectivity index (χ0v) is 11.6. The summed E-state index contributed by atoms with van der Waals surface area (Å²) in [5, 5.41) is 9.46. The molecule has 0 spiro atoms. The second kappa shape index (κ2) is 5.68. The van der Waals surface area contributed by atoms with Gasteiger partial charge in [-0.2, -0.15) is 0 Å². The number of halogens is 3. The summed E-state index contributed by atoms with van der Waals surface area (Å²) in [5.41, 5.74) is 2.40. The molecule has 2 aromatic carbocycles. The fourth-order valence-corrected chi connectivity index (χ4v) is 1.98. The van der Waals surface area contributed by atoms with Gasteiger partial charge in [0.2, 0.25) is 0 Å². The van der Waals surface area contributed by atoms with Crippen LogP contribution in [0.25, 0.3) is 11.1 Å². The average molecular weight is 296 g/mol. The monoisotopic (exact) mass is 296 g/mol. The summed E-state index contributed by atoms with van der Waals surface area (Å²) in [6.07, 6.45) is -4.84. The highest BCUT2D eigenvalue weighted by Gasteiger charge is 2.32. The van der Waals surface area contributed by atoms with Gasteiger partial charge in [0.25, 0.3) is 0 Å². The lowest BCUT2D eigenvalue weighted by Crippen LogP contribution is -2.17. The maximum absolute atomic E-state index is 12.3. The minimum Gasteiger partial charge on any atom is -0.504 e. The molecule has 0 aliphatic carbocycles. The number of hydrogen-bond acceptors (Lipinski definition) is 2.